The molecule has 2 aromatic carbocycles. The van der Waals surface area contributed by atoms with Crippen molar-refractivity contribution in [2.24, 2.45) is 10.2 Å². The van der Waals surface area contributed by atoms with Crippen LogP contribution in [0.1, 0.15) is 36.7 Å². The zero-order valence-corrected chi connectivity index (χ0v) is 18.7. The van der Waals surface area contributed by atoms with Gasteiger partial charge in [-0.3, -0.25) is 0 Å². The molecule has 0 fully saturated rings. The van der Waals surface area contributed by atoms with Crippen LogP contribution in [0.5, 0.6) is 0 Å². The highest BCUT2D eigenvalue weighted by molar-refractivity contribution is 5.80. The smallest absolute Gasteiger partial charge is 0.310 e. The van der Waals surface area contributed by atoms with E-state index in [0.29, 0.717) is 0 Å². The zero-order valence-electron chi connectivity index (χ0n) is 18.7. The number of hydrogen-bond donors (Lipinski definition) is 0. The fraction of sp³-hybridized carbons (Fsp3) is 0.292. The molecule has 0 bridgehead atoms. The molecule has 6 heteroatoms. The van der Waals surface area contributed by atoms with Crippen LogP contribution in [0.25, 0.3) is 0 Å². The highest BCUT2D eigenvalue weighted by atomic mass is 15.5. The van der Waals surface area contributed by atoms with E-state index in [9.17, 15) is 0 Å². The van der Waals surface area contributed by atoms with E-state index in [1.807, 2.05) is 62.4 Å². The van der Waals surface area contributed by atoms with Gasteiger partial charge in [-0.1, -0.05) is 48.3 Å². The van der Waals surface area contributed by atoms with Gasteiger partial charge in [0.15, 0.2) is 12.4 Å². The van der Waals surface area contributed by atoms with E-state index < -0.39 is 0 Å². The minimum atomic E-state index is 0.265. The van der Waals surface area contributed by atoms with Crippen molar-refractivity contribution in [2.75, 3.05) is 38.0 Å². The van der Waals surface area contributed by atoms with E-state index >= 15 is 0 Å². The molecule has 6 nitrogen and oxygen atoms in total. The Morgan fingerprint density at radius 2 is 1.30 bits per heavy atom. The predicted octanol–water partition coefficient (Wildman–Crippen LogP) is 3.80. The Morgan fingerprint density at radius 1 is 0.800 bits per heavy atom. The second-order valence-corrected chi connectivity index (χ2v) is 7.96. The molecule has 0 N–H and O–H groups in total. The van der Waals surface area contributed by atoms with Crippen molar-refractivity contribution in [3.05, 3.63) is 77.9 Å². The average Bonchev–Trinajstić information content (AvgIpc) is 3.14. The highest BCUT2D eigenvalue weighted by Gasteiger charge is 2.20. The summed E-state index contributed by atoms with van der Waals surface area (Å²) >= 11 is 0. The summed E-state index contributed by atoms with van der Waals surface area (Å²) in [5.74, 6) is 1.28. The van der Waals surface area contributed by atoms with Gasteiger partial charge in [-0.25, -0.2) is 0 Å². The molecule has 1 aromatic heterocycles. The normalized spacial score (nSPS) is 11.7. The molecule has 3 aromatic rings. The van der Waals surface area contributed by atoms with Gasteiger partial charge in [0.2, 0.25) is 0 Å². The van der Waals surface area contributed by atoms with Gasteiger partial charge in [0.25, 0.3) is 0 Å². The van der Waals surface area contributed by atoms with E-state index in [1.54, 1.807) is 0 Å². The maximum Gasteiger partial charge on any atom is 0.310 e. The lowest BCUT2D eigenvalue weighted by molar-refractivity contribution is -0.686. The quantitative estimate of drug-likeness (QED) is 0.445. The van der Waals surface area contributed by atoms with Gasteiger partial charge in [-0.15, -0.1) is 9.35 Å². The molecule has 0 spiro atoms. The maximum atomic E-state index is 4.66. The summed E-state index contributed by atoms with van der Waals surface area (Å²) in [7, 11) is 8.14. The van der Waals surface area contributed by atoms with Gasteiger partial charge >= 0.3 is 5.82 Å². The number of hydrogen-bond acceptors (Lipinski definition) is 4. The maximum absolute atomic E-state index is 4.66. The summed E-state index contributed by atoms with van der Waals surface area (Å²) in [6.07, 6.45) is 7.62. The highest BCUT2D eigenvalue weighted by Crippen LogP contribution is 2.13. The van der Waals surface area contributed by atoms with Gasteiger partial charge in [-0.2, -0.15) is 0 Å². The van der Waals surface area contributed by atoms with Crippen LogP contribution in [0.2, 0.25) is 0 Å². The first kappa shape index (κ1) is 21.3. The van der Waals surface area contributed by atoms with Crippen molar-refractivity contribution in [2.45, 2.75) is 19.8 Å². The molecule has 0 aliphatic heterocycles. The second-order valence-electron chi connectivity index (χ2n) is 7.96. The molecule has 0 amide bonds. The molecular formula is C24H31N6+. The molecule has 0 unspecified atom stereocenters. The van der Waals surface area contributed by atoms with E-state index in [0.717, 1.165) is 17.0 Å². The summed E-state index contributed by atoms with van der Waals surface area (Å²) in [5.41, 5.74) is 4.45. The third kappa shape index (κ3) is 5.14. The number of aromatic nitrogens is 2. The molecule has 0 aliphatic carbocycles. The molecule has 0 atom stereocenters. The van der Waals surface area contributed by atoms with E-state index in [1.165, 1.54) is 11.4 Å². The van der Waals surface area contributed by atoms with Crippen molar-refractivity contribution in [1.29, 1.82) is 0 Å². The Balaban J connectivity index is 1.80. The van der Waals surface area contributed by atoms with Crippen LogP contribution in [-0.2, 0) is 0 Å². The minimum Gasteiger partial charge on any atom is -0.378 e. The van der Waals surface area contributed by atoms with Crippen molar-refractivity contribution >= 4 is 23.8 Å². The Kier molecular flexibility index (Phi) is 6.67. The van der Waals surface area contributed by atoms with Crippen molar-refractivity contribution in [3.63, 3.8) is 0 Å². The standard InChI is InChI=1S/C24H31N6/c1-19(2)24-29(25-17-20-7-11-22(12-8-20)27(3)4)15-16-30(24)26-18-21-9-13-23(14-10-21)28(5)6/h7-19H,1-6H3/q+1/b25-17-,26-18-. The van der Waals surface area contributed by atoms with Gasteiger partial charge in [0.1, 0.15) is 0 Å². The van der Waals surface area contributed by atoms with Crippen LogP contribution in [-0.4, -0.2) is 45.3 Å². The number of benzene rings is 2. The summed E-state index contributed by atoms with van der Waals surface area (Å²) in [6.45, 7) is 4.29. The van der Waals surface area contributed by atoms with E-state index in [4.69, 9.17) is 0 Å². The van der Waals surface area contributed by atoms with Gasteiger partial charge in [0, 0.05) is 39.6 Å². The predicted molar refractivity (Wildman–Crippen MR) is 126 cm³/mol. The first-order chi connectivity index (χ1) is 14.3. The van der Waals surface area contributed by atoms with Gasteiger partial charge in [0.05, 0.1) is 18.3 Å². The summed E-state index contributed by atoms with van der Waals surface area (Å²) in [6, 6.07) is 16.6. The summed E-state index contributed by atoms with van der Waals surface area (Å²) in [4.78, 5) is 4.16. The summed E-state index contributed by atoms with van der Waals surface area (Å²) < 4.78 is 3.77. The molecule has 3 rings (SSSR count). The topological polar surface area (TPSA) is 40.0 Å². The number of nitrogens with zero attached hydrogens (tertiary/aromatic N) is 6. The van der Waals surface area contributed by atoms with Gasteiger partial charge < -0.3 is 9.80 Å². The average molecular weight is 404 g/mol. The van der Waals surface area contributed by atoms with Crippen LogP contribution in [0.4, 0.5) is 11.4 Å². The lowest BCUT2D eigenvalue weighted by Crippen LogP contribution is -2.32. The molecule has 0 saturated carbocycles. The Labute approximate surface area is 179 Å². The van der Waals surface area contributed by atoms with Crippen LogP contribution >= 0.6 is 0 Å². The third-order valence-corrected chi connectivity index (χ3v) is 4.82. The molecule has 156 valence electrons. The first-order valence-corrected chi connectivity index (χ1v) is 10.1. The first-order valence-electron chi connectivity index (χ1n) is 10.1. The molecule has 0 saturated heterocycles. The molecule has 1 heterocycles. The van der Waals surface area contributed by atoms with Crippen LogP contribution in [0.15, 0.2) is 71.1 Å². The fourth-order valence-corrected chi connectivity index (χ4v) is 3.08. The molecule has 30 heavy (non-hydrogen) atoms. The lowest BCUT2D eigenvalue weighted by Gasteiger charge is -2.11. The Hall–Kier alpha value is -3.41. The number of anilines is 2. The van der Waals surface area contributed by atoms with E-state index in [-0.39, 0.29) is 5.92 Å². The lowest BCUT2D eigenvalue weighted by atomic mass is 10.2. The largest absolute Gasteiger partial charge is 0.378 e. The van der Waals surface area contributed by atoms with Crippen LogP contribution in [0.3, 0.4) is 0 Å². The van der Waals surface area contributed by atoms with Crippen LogP contribution < -0.4 is 14.5 Å². The fourth-order valence-electron chi connectivity index (χ4n) is 3.08. The minimum absolute atomic E-state index is 0.265. The molecule has 0 aliphatic rings. The van der Waals surface area contributed by atoms with Crippen molar-refractivity contribution in [3.8, 4) is 0 Å². The zero-order chi connectivity index (χ0) is 21.7. The monoisotopic (exact) mass is 403 g/mol. The molecular weight excluding hydrogens is 372 g/mol. The Bertz CT molecular complexity index is 930. The van der Waals surface area contributed by atoms with Gasteiger partial charge in [-0.05, 0) is 35.4 Å². The Morgan fingerprint density at radius 3 is 1.77 bits per heavy atom. The molecule has 0 radical (unpaired) electrons. The summed E-state index contributed by atoms with van der Waals surface area (Å²) in [5, 5.41) is 9.31. The second kappa shape index (κ2) is 9.39. The number of rotatable bonds is 7. The third-order valence-electron chi connectivity index (χ3n) is 4.82. The SMILES string of the molecule is CC(C)c1n(/N=C\c2ccc(N(C)C)cc2)cc[n+]1/N=C\c1ccc(N(C)C)cc1. The van der Waals surface area contributed by atoms with Crippen molar-refractivity contribution < 1.29 is 4.68 Å². The van der Waals surface area contributed by atoms with Crippen molar-refractivity contribution in [1.82, 2.24) is 4.68 Å². The van der Waals surface area contributed by atoms with E-state index in [2.05, 4.69) is 82.4 Å². The number of imidazole rings is 1. The van der Waals surface area contributed by atoms with Crippen LogP contribution in [0, 0.1) is 0 Å².